The molecule has 0 radical (unpaired) electrons. The van der Waals surface area contributed by atoms with Crippen LogP contribution in [0.25, 0.3) is 0 Å². The summed E-state index contributed by atoms with van der Waals surface area (Å²) in [6.07, 6.45) is 2.66. The molecule has 2 N–H and O–H groups in total. The topological polar surface area (TPSA) is 139 Å². The summed E-state index contributed by atoms with van der Waals surface area (Å²) in [5.41, 5.74) is 2.09. The predicted octanol–water partition coefficient (Wildman–Crippen LogP) is 3.23. The number of carbonyl (C=O) groups excluding carboxylic acids is 4. The highest BCUT2D eigenvalue weighted by atomic mass is 32.2. The molecule has 1 saturated heterocycles. The number of hydrogen-bond donors (Lipinski definition) is 2. The van der Waals surface area contributed by atoms with Crippen LogP contribution in [0, 0.1) is 0 Å². The Morgan fingerprint density at radius 3 is 2.40 bits per heavy atom. The highest BCUT2D eigenvalue weighted by Gasteiger charge is 2.54. The number of thiazole rings is 1. The average molecular weight is 604 g/mol. The van der Waals surface area contributed by atoms with Gasteiger partial charge in [-0.1, -0.05) is 89.8 Å². The lowest BCUT2D eigenvalue weighted by Gasteiger charge is -2.49. The second-order valence-corrected chi connectivity index (χ2v) is 11.1. The molecule has 2 aliphatic rings. The Bertz CT molecular complexity index is 1530. The first-order valence-electron chi connectivity index (χ1n) is 12.7. The Labute approximate surface area is 249 Å². The van der Waals surface area contributed by atoms with Crippen molar-refractivity contribution in [3.8, 4) is 0 Å². The second-order valence-electron chi connectivity index (χ2n) is 8.96. The third kappa shape index (κ3) is 5.69. The number of nitrogens with zero attached hydrogens (tertiary/aromatic N) is 3. The van der Waals surface area contributed by atoms with Gasteiger partial charge in [-0.05, 0) is 16.7 Å². The van der Waals surface area contributed by atoms with Gasteiger partial charge in [0.2, 0.25) is 6.41 Å². The van der Waals surface area contributed by atoms with Crippen LogP contribution >= 0.6 is 23.1 Å². The summed E-state index contributed by atoms with van der Waals surface area (Å²) in [5.74, 6) is -1.45. The van der Waals surface area contributed by atoms with E-state index in [9.17, 15) is 19.2 Å². The van der Waals surface area contributed by atoms with E-state index in [0.717, 1.165) is 22.5 Å². The predicted molar refractivity (Wildman–Crippen MR) is 158 cm³/mol. The van der Waals surface area contributed by atoms with Gasteiger partial charge in [0.1, 0.15) is 24.2 Å². The fourth-order valence-electron chi connectivity index (χ4n) is 4.54. The van der Waals surface area contributed by atoms with Crippen molar-refractivity contribution in [1.82, 2.24) is 15.2 Å². The molecule has 11 nitrogen and oxygen atoms in total. The van der Waals surface area contributed by atoms with Gasteiger partial charge in [-0.2, -0.15) is 0 Å². The Morgan fingerprint density at radius 2 is 1.81 bits per heavy atom. The number of benzene rings is 2. The van der Waals surface area contributed by atoms with Crippen LogP contribution in [0.1, 0.15) is 22.1 Å². The van der Waals surface area contributed by atoms with Crippen molar-refractivity contribution < 1.29 is 28.8 Å². The molecule has 0 saturated carbocycles. The Morgan fingerprint density at radius 1 is 1.14 bits per heavy atom. The van der Waals surface area contributed by atoms with Crippen molar-refractivity contribution in [3.63, 3.8) is 0 Å². The van der Waals surface area contributed by atoms with E-state index in [1.807, 2.05) is 60.7 Å². The molecular formula is C29H25N5O6S2. The average Bonchev–Trinajstić information content (AvgIpc) is 3.49. The van der Waals surface area contributed by atoms with E-state index in [0.29, 0.717) is 22.6 Å². The summed E-state index contributed by atoms with van der Waals surface area (Å²) < 4.78 is 6.05. The number of oxime groups is 1. The van der Waals surface area contributed by atoms with Gasteiger partial charge in [-0.25, -0.2) is 9.78 Å². The molecule has 2 aliphatic heterocycles. The summed E-state index contributed by atoms with van der Waals surface area (Å²) in [5, 5.41) is 8.61. The van der Waals surface area contributed by atoms with Crippen LogP contribution in [0.4, 0.5) is 5.13 Å². The van der Waals surface area contributed by atoms with Gasteiger partial charge in [0, 0.05) is 11.9 Å². The molecule has 0 aliphatic carbocycles. The molecule has 42 heavy (non-hydrogen) atoms. The SMILES string of the molecule is C=CC1=C(C(=O)OC(c2ccccc2)c2ccccc2)N2C(=O)C(NC(=O)/C(=N\OC)c3cnc(NC=O)s3)[C@H]2SC1. The van der Waals surface area contributed by atoms with Gasteiger partial charge in [-0.15, -0.1) is 11.8 Å². The number of amides is 3. The summed E-state index contributed by atoms with van der Waals surface area (Å²) in [7, 11) is 1.28. The molecule has 1 aromatic heterocycles. The second kappa shape index (κ2) is 12.8. The standard InChI is InChI=1S/C29H25N5O6S2/c1-3-17-15-41-27-22(32-25(36)21(33-39-2)20-14-30-29(42-20)31-16-35)26(37)34(27)23(17)28(38)40-24(18-10-6-4-7-11-18)19-12-8-5-9-13-19/h3-14,16,22,24,27H,1,15H2,2H3,(H,32,36)(H,30,31,35)/b33-21-/t22?,27-/m1/s1. The molecule has 3 aromatic rings. The van der Waals surface area contributed by atoms with Gasteiger partial charge in [-0.3, -0.25) is 19.3 Å². The minimum atomic E-state index is -0.932. The van der Waals surface area contributed by atoms with E-state index in [4.69, 9.17) is 9.57 Å². The van der Waals surface area contributed by atoms with Gasteiger partial charge in [0.15, 0.2) is 16.9 Å². The largest absolute Gasteiger partial charge is 0.448 e. The summed E-state index contributed by atoms with van der Waals surface area (Å²) in [4.78, 5) is 61.6. The number of ether oxygens (including phenoxy) is 1. The highest BCUT2D eigenvalue weighted by Crippen LogP contribution is 2.42. The van der Waals surface area contributed by atoms with Gasteiger partial charge in [0.25, 0.3) is 11.8 Å². The van der Waals surface area contributed by atoms with E-state index in [1.54, 1.807) is 0 Å². The molecule has 1 unspecified atom stereocenters. The van der Waals surface area contributed by atoms with Crippen molar-refractivity contribution >= 4 is 58.1 Å². The first-order chi connectivity index (χ1) is 20.5. The van der Waals surface area contributed by atoms with Gasteiger partial charge >= 0.3 is 5.97 Å². The number of allylic oxidation sites excluding steroid dienone is 1. The first kappa shape index (κ1) is 28.8. The molecule has 13 heteroatoms. The molecule has 1 fully saturated rings. The number of carbonyl (C=O) groups is 4. The Hall–Kier alpha value is -4.75. The quantitative estimate of drug-likeness (QED) is 0.112. The number of aromatic nitrogens is 1. The van der Waals surface area contributed by atoms with Crippen LogP contribution in [0.3, 0.4) is 0 Å². The number of nitrogens with one attached hydrogen (secondary N) is 2. The lowest BCUT2D eigenvalue weighted by atomic mass is 10.0. The number of fused-ring (bicyclic) bond motifs is 1. The maximum absolute atomic E-state index is 13.7. The third-order valence-electron chi connectivity index (χ3n) is 6.47. The lowest BCUT2D eigenvalue weighted by molar-refractivity contribution is -0.154. The van der Waals surface area contributed by atoms with Gasteiger partial charge in [0.05, 0.1) is 4.88 Å². The van der Waals surface area contributed by atoms with E-state index in [2.05, 4.69) is 27.4 Å². The number of thioether (sulfide) groups is 1. The Balaban J connectivity index is 1.36. The molecule has 214 valence electrons. The van der Waals surface area contributed by atoms with Gasteiger partial charge < -0.3 is 20.2 Å². The highest BCUT2D eigenvalue weighted by molar-refractivity contribution is 8.00. The molecule has 2 aromatic carbocycles. The van der Waals surface area contributed by atoms with Crippen molar-refractivity contribution in [3.05, 3.63) is 107 Å². The minimum Gasteiger partial charge on any atom is -0.448 e. The maximum Gasteiger partial charge on any atom is 0.356 e. The zero-order valence-corrected chi connectivity index (χ0v) is 23.9. The molecule has 2 atom stereocenters. The molecule has 5 rings (SSSR count). The molecule has 0 spiro atoms. The van der Waals surface area contributed by atoms with Crippen LogP contribution in [-0.4, -0.2) is 64.1 Å². The molecule has 0 bridgehead atoms. The fraction of sp³-hybridized carbons (Fsp3) is 0.172. The molecular weight excluding hydrogens is 578 g/mol. The maximum atomic E-state index is 13.7. The first-order valence-corrected chi connectivity index (χ1v) is 14.5. The van der Waals surface area contributed by atoms with E-state index >= 15 is 0 Å². The molecule has 3 heterocycles. The van der Waals surface area contributed by atoms with Crippen LogP contribution in [0.15, 0.2) is 95.9 Å². The van der Waals surface area contributed by atoms with Crippen molar-refractivity contribution in [1.29, 1.82) is 0 Å². The molecule has 3 amide bonds. The van der Waals surface area contributed by atoms with Crippen molar-refractivity contribution in [2.75, 3.05) is 18.2 Å². The Kier molecular flexibility index (Phi) is 8.79. The summed E-state index contributed by atoms with van der Waals surface area (Å²) >= 11 is 2.40. The minimum absolute atomic E-state index is 0.0962. The van der Waals surface area contributed by atoms with Crippen LogP contribution in [0.2, 0.25) is 0 Å². The zero-order chi connectivity index (χ0) is 29.6. The van der Waals surface area contributed by atoms with Crippen molar-refractivity contribution in [2.45, 2.75) is 17.5 Å². The van der Waals surface area contributed by atoms with Crippen LogP contribution in [-0.2, 0) is 28.8 Å². The van der Waals surface area contributed by atoms with E-state index in [1.165, 1.54) is 36.0 Å². The number of esters is 1. The smallest absolute Gasteiger partial charge is 0.356 e. The number of β-lactam (4-membered cyclic amide) rings is 1. The number of anilines is 1. The number of hydrogen-bond acceptors (Lipinski definition) is 10. The fourth-order valence-corrected chi connectivity index (χ4v) is 6.63. The summed E-state index contributed by atoms with van der Waals surface area (Å²) in [6, 6.07) is 17.7. The third-order valence-corrected chi connectivity index (χ3v) is 8.71. The monoisotopic (exact) mass is 603 g/mol. The van der Waals surface area contributed by atoms with Crippen LogP contribution in [0.5, 0.6) is 0 Å². The summed E-state index contributed by atoms with van der Waals surface area (Å²) in [6.45, 7) is 3.83. The van der Waals surface area contributed by atoms with E-state index in [-0.39, 0.29) is 16.5 Å². The lowest BCUT2D eigenvalue weighted by Crippen LogP contribution is -2.71. The normalized spacial score (nSPS) is 18.1. The van der Waals surface area contributed by atoms with Crippen LogP contribution < -0.4 is 10.6 Å². The van der Waals surface area contributed by atoms with Crippen molar-refractivity contribution in [2.24, 2.45) is 5.16 Å². The van der Waals surface area contributed by atoms with E-state index < -0.39 is 35.3 Å². The number of rotatable bonds is 11. The zero-order valence-electron chi connectivity index (χ0n) is 22.3.